The van der Waals surface area contributed by atoms with E-state index in [1.807, 2.05) is 12.1 Å². The molecular formula is C23H23Cl2NO2. The second-order valence-electron chi connectivity index (χ2n) is 7.62. The van der Waals surface area contributed by atoms with Gasteiger partial charge in [-0.05, 0) is 48.2 Å². The van der Waals surface area contributed by atoms with Crippen LogP contribution in [-0.4, -0.2) is 12.5 Å². The summed E-state index contributed by atoms with van der Waals surface area (Å²) in [6, 6.07) is 11.5. The van der Waals surface area contributed by atoms with E-state index < -0.39 is 0 Å². The molecule has 1 fully saturated rings. The van der Waals surface area contributed by atoms with Crippen LogP contribution in [0.2, 0.25) is 10.0 Å². The second-order valence-corrected chi connectivity index (χ2v) is 8.46. The molecule has 2 aromatic rings. The highest BCUT2D eigenvalue weighted by atomic mass is 35.5. The van der Waals surface area contributed by atoms with Crippen molar-refractivity contribution in [3.8, 4) is 5.75 Å². The molecule has 0 saturated heterocycles. The number of halogens is 2. The average Bonchev–Trinajstić information content (AvgIpc) is 2.70. The van der Waals surface area contributed by atoms with E-state index in [0.717, 1.165) is 18.0 Å². The van der Waals surface area contributed by atoms with Gasteiger partial charge in [-0.2, -0.15) is 0 Å². The van der Waals surface area contributed by atoms with Crippen LogP contribution in [0.1, 0.15) is 43.2 Å². The van der Waals surface area contributed by atoms with Crippen molar-refractivity contribution in [3.05, 3.63) is 63.1 Å². The van der Waals surface area contributed by atoms with E-state index >= 15 is 0 Å². The number of hydrogen-bond donors (Lipinski definition) is 1. The van der Waals surface area contributed by atoms with Crippen molar-refractivity contribution in [1.82, 2.24) is 0 Å². The van der Waals surface area contributed by atoms with Gasteiger partial charge in [-0.1, -0.05) is 67.4 Å². The van der Waals surface area contributed by atoms with Crippen LogP contribution in [0.5, 0.6) is 5.75 Å². The number of anilines is 1. The molecule has 3 nitrogen and oxygen atoms in total. The Hall–Kier alpha value is -1.97. The Morgan fingerprint density at radius 1 is 1.07 bits per heavy atom. The number of carbonyl (C=O) groups is 1. The molecule has 1 heterocycles. The molecule has 0 radical (unpaired) electrons. The van der Waals surface area contributed by atoms with Crippen LogP contribution in [0.4, 0.5) is 5.69 Å². The highest BCUT2D eigenvalue weighted by Crippen LogP contribution is 2.35. The van der Waals surface area contributed by atoms with Gasteiger partial charge < -0.3 is 10.1 Å². The summed E-state index contributed by atoms with van der Waals surface area (Å²) in [4.78, 5) is 12.6. The number of benzene rings is 2. The molecule has 1 aliphatic heterocycles. The Labute approximate surface area is 175 Å². The summed E-state index contributed by atoms with van der Waals surface area (Å²) in [5, 5.41) is 3.93. The topological polar surface area (TPSA) is 38.3 Å². The van der Waals surface area contributed by atoms with Gasteiger partial charge in [0, 0.05) is 16.3 Å². The molecule has 1 aliphatic carbocycles. The zero-order valence-corrected chi connectivity index (χ0v) is 17.2. The van der Waals surface area contributed by atoms with Crippen molar-refractivity contribution in [1.29, 1.82) is 0 Å². The first-order valence-electron chi connectivity index (χ1n) is 9.81. The normalized spacial score (nSPS) is 16.7. The van der Waals surface area contributed by atoms with Gasteiger partial charge in [-0.3, -0.25) is 4.79 Å². The molecule has 1 N–H and O–H groups in total. The van der Waals surface area contributed by atoms with Crippen LogP contribution >= 0.6 is 23.2 Å². The maximum Gasteiger partial charge on any atom is 0.255 e. The van der Waals surface area contributed by atoms with E-state index in [2.05, 4.69) is 17.4 Å². The third kappa shape index (κ3) is 4.53. The molecule has 146 valence electrons. The van der Waals surface area contributed by atoms with E-state index in [0.29, 0.717) is 26.9 Å². The van der Waals surface area contributed by atoms with Gasteiger partial charge in [0.2, 0.25) is 0 Å². The molecule has 2 aromatic carbocycles. The minimum Gasteiger partial charge on any atom is -0.488 e. The molecule has 0 bridgehead atoms. The highest BCUT2D eigenvalue weighted by molar-refractivity contribution is 6.36. The first-order valence-corrected chi connectivity index (χ1v) is 10.6. The monoisotopic (exact) mass is 415 g/mol. The van der Waals surface area contributed by atoms with Gasteiger partial charge in [0.25, 0.3) is 5.91 Å². The van der Waals surface area contributed by atoms with E-state index in [9.17, 15) is 4.79 Å². The number of carbonyl (C=O) groups excluding carboxylic acids is 1. The first-order chi connectivity index (χ1) is 13.6. The average molecular weight is 416 g/mol. The quantitative estimate of drug-likeness (QED) is 0.615. The lowest BCUT2D eigenvalue weighted by Crippen LogP contribution is -2.21. The Morgan fingerprint density at radius 2 is 1.82 bits per heavy atom. The van der Waals surface area contributed by atoms with Gasteiger partial charge in [0.15, 0.2) is 0 Å². The van der Waals surface area contributed by atoms with Gasteiger partial charge in [-0.15, -0.1) is 0 Å². The molecule has 0 spiro atoms. The molecule has 2 aliphatic rings. The summed E-state index contributed by atoms with van der Waals surface area (Å²) in [5.74, 6) is 1.22. The minimum atomic E-state index is -0.184. The lowest BCUT2D eigenvalue weighted by Gasteiger charge is -2.21. The predicted molar refractivity (Wildman–Crippen MR) is 115 cm³/mol. The molecule has 4 rings (SSSR count). The van der Waals surface area contributed by atoms with E-state index in [1.54, 1.807) is 18.2 Å². The third-order valence-electron chi connectivity index (χ3n) is 5.51. The van der Waals surface area contributed by atoms with Crippen molar-refractivity contribution in [3.63, 3.8) is 0 Å². The van der Waals surface area contributed by atoms with Crippen LogP contribution in [0.3, 0.4) is 0 Å². The van der Waals surface area contributed by atoms with Crippen molar-refractivity contribution in [2.24, 2.45) is 5.92 Å². The van der Waals surface area contributed by atoms with Gasteiger partial charge >= 0.3 is 0 Å². The molecule has 0 aromatic heterocycles. The van der Waals surface area contributed by atoms with E-state index in [4.69, 9.17) is 27.9 Å². The standard InChI is InChI=1S/C23H23Cl2NO2/c24-18-12-21(25)20-11-17(14-28-22(20)13-18)23(27)26-19-8-6-16(7-9-19)10-15-4-2-1-3-5-15/h6-9,11-13,15H,1-5,10,14H2,(H,26,27). The summed E-state index contributed by atoms with van der Waals surface area (Å²) in [7, 11) is 0. The van der Waals surface area contributed by atoms with Gasteiger partial charge in [0.05, 0.1) is 10.6 Å². The Morgan fingerprint density at radius 3 is 2.57 bits per heavy atom. The maximum absolute atomic E-state index is 12.6. The fourth-order valence-corrected chi connectivity index (χ4v) is 4.51. The lowest BCUT2D eigenvalue weighted by atomic mass is 9.85. The van der Waals surface area contributed by atoms with Crippen molar-refractivity contribution in [2.45, 2.75) is 38.5 Å². The van der Waals surface area contributed by atoms with Crippen LogP contribution in [-0.2, 0) is 11.2 Å². The number of ether oxygens (including phenoxy) is 1. The lowest BCUT2D eigenvalue weighted by molar-refractivity contribution is -0.113. The van der Waals surface area contributed by atoms with E-state index in [-0.39, 0.29) is 12.5 Å². The van der Waals surface area contributed by atoms with Crippen molar-refractivity contribution >= 4 is 40.9 Å². The van der Waals surface area contributed by atoms with Crippen LogP contribution < -0.4 is 10.1 Å². The summed E-state index contributed by atoms with van der Waals surface area (Å²) in [6.45, 7) is 0.190. The second kappa shape index (κ2) is 8.59. The molecular weight excluding hydrogens is 393 g/mol. The third-order valence-corrected chi connectivity index (χ3v) is 6.04. The first kappa shape index (κ1) is 19.4. The molecule has 5 heteroatoms. The molecule has 0 atom stereocenters. The SMILES string of the molecule is O=C(Nc1ccc(CC2CCCCC2)cc1)C1=Cc2c(Cl)cc(Cl)cc2OC1. The summed E-state index contributed by atoms with van der Waals surface area (Å²) < 4.78 is 5.66. The summed E-state index contributed by atoms with van der Waals surface area (Å²) >= 11 is 12.2. The predicted octanol–water partition coefficient (Wildman–Crippen LogP) is 6.53. The highest BCUT2D eigenvalue weighted by Gasteiger charge is 2.20. The summed E-state index contributed by atoms with van der Waals surface area (Å²) in [5.41, 5.74) is 3.34. The molecule has 1 saturated carbocycles. The van der Waals surface area contributed by atoms with Crippen molar-refractivity contribution in [2.75, 3.05) is 11.9 Å². The number of fused-ring (bicyclic) bond motifs is 1. The Bertz CT molecular complexity index is 900. The Balaban J connectivity index is 1.41. The number of nitrogens with one attached hydrogen (secondary N) is 1. The number of amides is 1. The van der Waals surface area contributed by atoms with Gasteiger partial charge in [0.1, 0.15) is 12.4 Å². The minimum absolute atomic E-state index is 0.184. The van der Waals surface area contributed by atoms with E-state index in [1.165, 1.54) is 37.7 Å². The van der Waals surface area contributed by atoms with Crippen LogP contribution in [0.25, 0.3) is 6.08 Å². The fraction of sp³-hybridized carbons (Fsp3) is 0.348. The number of rotatable bonds is 4. The molecule has 1 amide bonds. The zero-order chi connectivity index (χ0) is 19.5. The fourth-order valence-electron chi connectivity index (χ4n) is 3.98. The molecule has 28 heavy (non-hydrogen) atoms. The summed E-state index contributed by atoms with van der Waals surface area (Å²) in [6.07, 6.45) is 9.66. The van der Waals surface area contributed by atoms with Crippen LogP contribution in [0, 0.1) is 5.92 Å². The zero-order valence-electron chi connectivity index (χ0n) is 15.6. The molecule has 0 unspecified atom stereocenters. The largest absolute Gasteiger partial charge is 0.488 e. The van der Waals surface area contributed by atoms with Gasteiger partial charge in [-0.25, -0.2) is 0 Å². The van der Waals surface area contributed by atoms with Crippen molar-refractivity contribution < 1.29 is 9.53 Å². The Kier molecular flexibility index (Phi) is 5.93. The smallest absolute Gasteiger partial charge is 0.255 e. The number of hydrogen-bond acceptors (Lipinski definition) is 2. The maximum atomic E-state index is 12.6. The van der Waals surface area contributed by atoms with Crippen LogP contribution in [0.15, 0.2) is 42.0 Å².